The Morgan fingerprint density at radius 2 is 2.26 bits per heavy atom. The molecule has 0 radical (unpaired) electrons. The number of hydrogen-bond acceptors (Lipinski definition) is 6. The van der Waals surface area contributed by atoms with Crippen molar-refractivity contribution in [3.05, 3.63) is 30.4 Å². The van der Waals surface area contributed by atoms with Crippen LogP contribution in [-0.2, 0) is 6.42 Å². The van der Waals surface area contributed by atoms with Crippen LogP contribution >= 0.6 is 0 Å². The number of rotatable bonds is 7. The maximum absolute atomic E-state index is 5.84. The first-order chi connectivity index (χ1) is 9.28. The number of benzene rings is 1. The van der Waals surface area contributed by atoms with E-state index in [1.54, 1.807) is 0 Å². The van der Waals surface area contributed by atoms with Crippen LogP contribution in [0.15, 0.2) is 29.0 Å². The lowest BCUT2D eigenvalue weighted by Gasteiger charge is -2.10. The second kappa shape index (κ2) is 6.63. The molecule has 2 aromatic rings. The number of ether oxygens (including phenoxy) is 1. The third-order valence-corrected chi connectivity index (χ3v) is 2.48. The van der Waals surface area contributed by atoms with Crippen molar-refractivity contribution in [1.82, 2.24) is 10.1 Å². The van der Waals surface area contributed by atoms with Crippen LogP contribution in [0.4, 0.5) is 11.4 Å². The highest BCUT2D eigenvalue weighted by atomic mass is 16.5. The summed E-state index contributed by atoms with van der Waals surface area (Å²) in [7, 11) is 0. The fourth-order valence-electron chi connectivity index (χ4n) is 1.65. The topological polar surface area (TPSA) is 86.2 Å². The molecule has 0 aliphatic heterocycles. The molecule has 0 aliphatic carbocycles. The lowest BCUT2D eigenvalue weighted by molar-refractivity contribution is 0.318. The molecule has 2 rings (SSSR count). The SMILES string of the molecule is CCCOc1cc(N)cc(NCCc2ncno2)c1. The van der Waals surface area contributed by atoms with Crippen LogP contribution in [0.2, 0.25) is 0 Å². The van der Waals surface area contributed by atoms with E-state index < -0.39 is 0 Å². The van der Waals surface area contributed by atoms with Crippen LogP contribution in [0.3, 0.4) is 0 Å². The van der Waals surface area contributed by atoms with Crippen LogP contribution in [0.1, 0.15) is 19.2 Å². The summed E-state index contributed by atoms with van der Waals surface area (Å²) in [4.78, 5) is 3.96. The minimum atomic E-state index is 0.610. The smallest absolute Gasteiger partial charge is 0.228 e. The minimum Gasteiger partial charge on any atom is -0.493 e. The zero-order valence-corrected chi connectivity index (χ0v) is 10.9. The highest BCUT2D eigenvalue weighted by molar-refractivity contribution is 5.59. The number of hydrogen-bond donors (Lipinski definition) is 2. The number of nitrogens with two attached hydrogens (primary N) is 1. The summed E-state index contributed by atoms with van der Waals surface area (Å²) in [6.07, 6.45) is 3.03. The predicted octanol–water partition coefficient (Wildman–Crippen LogP) is 2.10. The van der Waals surface area contributed by atoms with Crippen molar-refractivity contribution in [2.75, 3.05) is 24.2 Å². The van der Waals surface area contributed by atoms with E-state index in [1.165, 1.54) is 6.33 Å². The fraction of sp³-hybridized carbons (Fsp3) is 0.385. The molecule has 3 N–H and O–H groups in total. The van der Waals surface area contributed by atoms with Crippen molar-refractivity contribution >= 4 is 11.4 Å². The summed E-state index contributed by atoms with van der Waals surface area (Å²) in [5.74, 6) is 1.39. The predicted molar refractivity (Wildman–Crippen MR) is 73.1 cm³/mol. The van der Waals surface area contributed by atoms with Crippen LogP contribution in [0.25, 0.3) is 0 Å². The van der Waals surface area contributed by atoms with Gasteiger partial charge in [0.15, 0.2) is 6.33 Å². The van der Waals surface area contributed by atoms with Gasteiger partial charge in [-0.1, -0.05) is 12.1 Å². The van der Waals surface area contributed by atoms with Crippen molar-refractivity contribution in [2.45, 2.75) is 19.8 Å². The maximum Gasteiger partial charge on any atom is 0.228 e. The fourth-order valence-corrected chi connectivity index (χ4v) is 1.65. The van der Waals surface area contributed by atoms with Crippen molar-refractivity contribution in [2.24, 2.45) is 0 Å². The van der Waals surface area contributed by atoms with E-state index in [0.717, 1.165) is 17.9 Å². The Kier molecular flexibility index (Phi) is 4.60. The lowest BCUT2D eigenvalue weighted by atomic mass is 10.2. The third-order valence-electron chi connectivity index (χ3n) is 2.48. The Morgan fingerprint density at radius 3 is 3.00 bits per heavy atom. The molecule has 6 heteroatoms. The number of nitrogens with one attached hydrogen (secondary N) is 1. The normalized spacial score (nSPS) is 10.4. The third kappa shape index (κ3) is 4.17. The van der Waals surface area contributed by atoms with E-state index in [0.29, 0.717) is 31.2 Å². The zero-order valence-electron chi connectivity index (χ0n) is 10.9. The Balaban J connectivity index is 1.90. The number of nitrogen functional groups attached to an aromatic ring is 1. The molecule has 0 amide bonds. The first-order valence-corrected chi connectivity index (χ1v) is 6.30. The van der Waals surface area contributed by atoms with Crippen molar-refractivity contribution < 1.29 is 9.26 Å². The van der Waals surface area contributed by atoms with E-state index >= 15 is 0 Å². The van der Waals surface area contributed by atoms with E-state index in [4.69, 9.17) is 15.0 Å². The summed E-state index contributed by atoms with van der Waals surface area (Å²) in [6, 6.07) is 5.62. The monoisotopic (exact) mass is 262 g/mol. The van der Waals surface area contributed by atoms with Gasteiger partial charge < -0.3 is 20.3 Å². The largest absolute Gasteiger partial charge is 0.493 e. The van der Waals surface area contributed by atoms with Gasteiger partial charge in [-0.25, -0.2) is 0 Å². The molecule has 0 aliphatic rings. The molecule has 0 fully saturated rings. The highest BCUT2D eigenvalue weighted by Crippen LogP contribution is 2.22. The summed E-state index contributed by atoms with van der Waals surface area (Å²) >= 11 is 0. The Labute approximate surface area is 112 Å². The molecule has 1 aromatic carbocycles. The molecule has 102 valence electrons. The molecule has 0 unspecified atom stereocenters. The quantitative estimate of drug-likeness (QED) is 0.743. The molecular weight excluding hydrogens is 244 g/mol. The molecular formula is C13H18N4O2. The summed E-state index contributed by atoms with van der Waals surface area (Å²) in [5, 5.41) is 6.81. The molecule has 0 spiro atoms. The standard InChI is InChI=1S/C13H18N4O2/c1-2-5-18-12-7-10(14)6-11(8-12)15-4-3-13-16-9-17-19-13/h6-9,15H,2-5,14H2,1H3. The van der Waals surface area contributed by atoms with Gasteiger partial charge in [0.2, 0.25) is 5.89 Å². The molecule has 6 nitrogen and oxygen atoms in total. The van der Waals surface area contributed by atoms with Gasteiger partial charge in [-0.15, -0.1) is 0 Å². The van der Waals surface area contributed by atoms with Crippen LogP contribution in [0.5, 0.6) is 5.75 Å². The molecule has 0 atom stereocenters. The van der Waals surface area contributed by atoms with E-state index in [2.05, 4.69) is 22.4 Å². The molecule has 0 bridgehead atoms. The van der Waals surface area contributed by atoms with Gasteiger partial charge in [0.1, 0.15) is 5.75 Å². The van der Waals surface area contributed by atoms with Crippen molar-refractivity contribution in [3.63, 3.8) is 0 Å². The molecule has 19 heavy (non-hydrogen) atoms. The van der Waals surface area contributed by atoms with Gasteiger partial charge in [-0.3, -0.25) is 0 Å². The van der Waals surface area contributed by atoms with Crippen LogP contribution < -0.4 is 15.8 Å². The van der Waals surface area contributed by atoms with Crippen molar-refractivity contribution in [3.8, 4) is 5.75 Å². The lowest BCUT2D eigenvalue weighted by Crippen LogP contribution is -2.06. The molecule has 1 heterocycles. The molecule has 0 saturated heterocycles. The Morgan fingerprint density at radius 1 is 1.37 bits per heavy atom. The molecule has 1 aromatic heterocycles. The first kappa shape index (κ1) is 13.2. The first-order valence-electron chi connectivity index (χ1n) is 6.30. The van der Waals surface area contributed by atoms with Gasteiger partial charge in [-0.2, -0.15) is 4.98 Å². The average Bonchev–Trinajstić information content (AvgIpc) is 2.89. The van der Waals surface area contributed by atoms with Gasteiger partial charge in [0.05, 0.1) is 6.61 Å². The summed E-state index contributed by atoms with van der Waals surface area (Å²) < 4.78 is 10.5. The van der Waals surface area contributed by atoms with Crippen molar-refractivity contribution in [1.29, 1.82) is 0 Å². The van der Waals surface area contributed by atoms with Crippen LogP contribution in [0, 0.1) is 0 Å². The number of anilines is 2. The Hall–Kier alpha value is -2.24. The summed E-state index contributed by atoms with van der Waals surface area (Å²) in [5.41, 5.74) is 7.43. The summed E-state index contributed by atoms with van der Waals surface area (Å²) in [6.45, 7) is 3.44. The zero-order chi connectivity index (χ0) is 13.5. The number of aromatic nitrogens is 2. The van der Waals surface area contributed by atoms with Gasteiger partial charge in [0, 0.05) is 36.5 Å². The van der Waals surface area contributed by atoms with E-state index in [1.807, 2.05) is 18.2 Å². The highest BCUT2D eigenvalue weighted by Gasteiger charge is 2.02. The average molecular weight is 262 g/mol. The molecule has 0 saturated carbocycles. The second-order valence-electron chi connectivity index (χ2n) is 4.15. The van der Waals surface area contributed by atoms with Crippen LogP contribution in [-0.4, -0.2) is 23.3 Å². The maximum atomic E-state index is 5.84. The van der Waals surface area contributed by atoms with E-state index in [-0.39, 0.29) is 0 Å². The minimum absolute atomic E-state index is 0.610. The van der Waals surface area contributed by atoms with Gasteiger partial charge in [-0.05, 0) is 12.5 Å². The van der Waals surface area contributed by atoms with E-state index in [9.17, 15) is 0 Å². The van der Waals surface area contributed by atoms with Gasteiger partial charge in [0.25, 0.3) is 0 Å². The number of nitrogens with zero attached hydrogens (tertiary/aromatic N) is 2. The second-order valence-corrected chi connectivity index (χ2v) is 4.15. The van der Waals surface area contributed by atoms with Gasteiger partial charge >= 0.3 is 0 Å². The Bertz CT molecular complexity index is 499.